The predicted molar refractivity (Wildman–Crippen MR) is 57.0 cm³/mol. The van der Waals surface area contributed by atoms with Gasteiger partial charge in [-0.25, -0.2) is 4.98 Å². The van der Waals surface area contributed by atoms with Gasteiger partial charge in [-0.05, 0) is 39.3 Å². The molecule has 1 N–H and O–H groups in total. The summed E-state index contributed by atoms with van der Waals surface area (Å²) in [5.41, 5.74) is 1.22. The average molecular weight is 178 g/mol. The van der Waals surface area contributed by atoms with Crippen LogP contribution in [0.3, 0.4) is 0 Å². The van der Waals surface area contributed by atoms with Crippen LogP contribution in [0.4, 0.5) is 5.82 Å². The summed E-state index contributed by atoms with van der Waals surface area (Å²) in [6, 6.07) is 6.10. The van der Waals surface area contributed by atoms with Crippen molar-refractivity contribution in [3.05, 3.63) is 23.9 Å². The lowest BCUT2D eigenvalue weighted by Gasteiger charge is -2.21. The van der Waals surface area contributed by atoms with Crippen LogP contribution in [0.1, 0.15) is 33.4 Å². The van der Waals surface area contributed by atoms with Gasteiger partial charge < -0.3 is 5.32 Å². The summed E-state index contributed by atoms with van der Waals surface area (Å²) in [6.45, 7) is 8.51. The third-order valence-corrected chi connectivity index (χ3v) is 1.67. The van der Waals surface area contributed by atoms with Crippen LogP contribution in [-0.4, -0.2) is 10.5 Å². The van der Waals surface area contributed by atoms with Crippen molar-refractivity contribution in [2.75, 3.05) is 5.32 Å². The minimum Gasteiger partial charge on any atom is -0.365 e. The summed E-state index contributed by atoms with van der Waals surface area (Å²) >= 11 is 0. The number of anilines is 1. The normalized spacial score (nSPS) is 11.4. The van der Waals surface area contributed by atoms with Crippen molar-refractivity contribution in [3.63, 3.8) is 0 Å². The quantitative estimate of drug-likeness (QED) is 0.753. The molecule has 0 unspecified atom stereocenters. The Labute approximate surface area is 80.4 Å². The third-order valence-electron chi connectivity index (χ3n) is 1.67. The Balaban J connectivity index is 2.78. The van der Waals surface area contributed by atoms with Crippen LogP contribution in [0.2, 0.25) is 0 Å². The Bertz CT molecular complexity index is 274. The van der Waals surface area contributed by atoms with Gasteiger partial charge in [0.05, 0.1) is 0 Å². The van der Waals surface area contributed by atoms with Gasteiger partial charge in [-0.3, -0.25) is 0 Å². The second kappa shape index (κ2) is 3.77. The average Bonchev–Trinajstić information content (AvgIpc) is 2.01. The molecule has 0 aliphatic heterocycles. The fourth-order valence-corrected chi connectivity index (χ4v) is 1.13. The standard InChI is InChI=1S/C11H18N2/c1-5-9-7-6-8-10(12-9)13-11(2,3)4/h6-8H,5H2,1-4H3,(H,12,13). The van der Waals surface area contributed by atoms with Crippen LogP contribution in [0.5, 0.6) is 0 Å². The molecule has 72 valence electrons. The Morgan fingerprint density at radius 2 is 2.00 bits per heavy atom. The Morgan fingerprint density at radius 1 is 1.31 bits per heavy atom. The lowest BCUT2D eigenvalue weighted by Crippen LogP contribution is -2.26. The Morgan fingerprint density at radius 3 is 2.54 bits per heavy atom. The van der Waals surface area contributed by atoms with Crippen molar-refractivity contribution in [3.8, 4) is 0 Å². The number of hydrogen-bond acceptors (Lipinski definition) is 2. The van der Waals surface area contributed by atoms with Crippen molar-refractivity contribution in [1.82, 2.24) is 4.98 Å². The monoisotopic (exact) mass is 178 g/mol. The van der Waals surface area contributed by atoms with Crippen molar-refractivity contribution in [2.24, 2.45) is 0 Å². The van der Waals surface area contributed by atoms with Gasteiger partial charge in [-0.15, -0.1) is 0 Å². The number of nitrogens with one attached hydrogen (secondary N) is 1. The van der Waals surface area contributed by atoms with Gasteiger partial charge >= 0.3 is 0 Å². The molecule has 0 aliphatic rings. The first kappa shape index (κ1) is 10.0. The smallest absolute Gasteiger partial charge is 0.126 e. The molecule has 0 saturated carbocycles. The van der Waals surface area contributed by atoms with Crippen molar-refractivity contribution >= 4 is 5.82 Å². The molecule has 0 amide bonds. The number of hydrogen-bond donors (Lipinski definition) is 1. The maximum Gasteiger partial charge on any atom is 0.126 e. The lowest BCUT2D eigenvalue weighted by molar-refractivity contribution is 0.630. The van der Waals surface area contributed by atoms with Crippen LogP contribution in [0, 0.1) is 0 Å². The van der Waals surface area contributed by atoms with Crippen LogP contribution >= 0.6 is 0 Å². The number of aromatic nitrogens is 1. The molecule has 0 fully saturated rings. The van der Waals surface area contributed by atoms with Gasteiger partial charge in [-0.1, -0.05) is 13.0 Å². The summed E-state index contributed by atoms with van der Waals surface area (Å²) in [7, 11) is 0. The molecule has 13 heavy (non-hydrogen) atoms. The molecule has 0 bridgehead atoms. The van der Waals surface area contributed by atoms with Crippen molar-refractivity contribution in [1.29, 1.82) is 0 Å². The van der Waals surface area contributed by atoms with E-state index in [4.69, 9.17) is 0 Å². The largest absolute Gasteiger partial charge is 0.365 e. The zero-order valence-corrected chi connectivity index (χ0v) is 8.89. The molecule has 0 aliphatic carbocycles. The highest BCUT2D eigenvalue weighted by atomic mass is 15.0. The molecule has 1 aromatic heterocycles. The first-order chi connectivity index (χ1) is 6.01. The fraction of sp³-hybridized carbons (Fsp3) is 0.545. The summed E-state index contributed by atoms with van der Waals surface area (Å²) in [6.07, 6.45) is 0.986. The first-order valence-electron chi connectivity index (χ1n) is 4.75. The van der Waals surface area contributed by atoms with Gasteiger partial charge in [0.1, 0.15) is 5.82 Å². The second-order valence-corrected chi connectivity index (χ2v) is 4.24. The molecule has 1 aromatic rings. The van der Waals surface area contributed by atoms with Gasteiger partial charge in [-0.2, -0.15) is 0 Å². The molecule has 1 rings (SSSR count). The summed E-state index contributed by atoms with van der Waals surface area (Å²) in [5.74, 6) is 0.965. The minimum atomic E-state index is 0.0827. The maximum absolute atomic E-state index is 4.47. The van der Waals surface area contributed by atoms with E-state index < -0.39 is 0 Å². The van der Waals surface area contributed by atoms with Crippen LogP contribution in [0.15, 0.2) is 18.2 Å². The zero-order chi connectivity index (χ0) is 9.90. The molecular formula is C11H18N2. The van der Waals surface area contributed by atoms with Crippen molar-refractivity contribution in [2.45, 2.75) is 39.7 Å². The highest BCUT2D eigenvalue weighted by Gasteiger charge is 2.09. The highest BCUT2D eigenvalue weighted by molar-refractivity contribution is 5.37. The summed E-state index contributed by atoms with van der Waals surface area (Å²) in [5, 5.41) is 3.34. The van der Waals surface area contributed by atoms with Crippen LogP contribution in [-0.2, 0) is 6.42 Å². The molecule has 0 radical (unpaired) electrons. The van der Waals surface area contributed by atoms with Gasteiger partial charge in [0, 0.05) is 11.2 Å². The Kier molecular flexibility index (Phi) is 2.91. The van der Waals surface area contributed by atoms with E-state index in [9.17, 15) is 0 Å². The van der Waals surface area contributed by atoms with E-state index in [-0.39, 0.29) is 5.54 Å². The number of pyridine rings is 1. The van der Waals surface area contributed by atoms with Crippen LogP contribution in [0.25, 0.3) is 0 Å². The van der Waals surface area contributed by atoms with Gasteiger partial charge in [0.2, 0.25) is 0 Å². The zero-order valence-electron chi connectivity index (χ0n) is 8.89. The van der Waals surface area contributed by atoms with E-state index in [2.05, 4.69) is 38.0 Å². The number of nitrogens with zero attached hydrogens (tertiary/aromatic N) is 1. The topological polar surface area (TPSA) is 24.9 Å². The second-order valence-electron chi connectivity index (χ2n) is 4.24. The number of rotatable bonds is 2. The van der Waals surface area contributed by atoms with E-state index in [1.54, 1.807) is 0 Å². The maximum atomic E-state index is 4.47. The van der Waals surface area contributed by atoms with E-state index in [0.29, 0.717) is 0 Å². The minimum absolute atomic E-state index is 0.0827. The summed E-state index contributed by atoms with van der Waals surface area (Å²) < 4.78 is 0. The molecule has 0 atom stereocenters. The third kappa shape index (κ3) is 3.45. The van der Waals surface area contributed by atoms with E-state index in [0.717, 1.165) is 17.9 Å². The Hall–Kier alpha value is -1.05. The molecule has 0 spiro atoms. The van der Waals surface area contributed by atoms with E-state index >= 15 is 0 Å². The highest BCUT2D eigenvalue weighted by Crippen LogP contribution is 2.12. The SMILES string of the molecule is CCc1cccc(NC(C)(C)C)n1. The molecule has 0 saturated heterocycles. The van der Waals surface area contributed by atoms with E-state index in [1.165, 1.54) is 0 Å². The fourth-order valence-electron chi connectivity index (χ4n) is 1.13. The number of aryl methyl sites for hydroxylation is 1. The molecule has 2 nitrogen and oxygen atoms in total. The van der Waals surface area contributed by atoms with Gasteiger partial charge in [0.25, 0.3) is 0 Å². The lowest BCUT2D eigenvalue weighted by atomic mass is 10.1. The van der Waals surface area contributed by atoms with Crippen molar-refractivity contribution < 1.29 is 0 Å². The first-order valence-corrected chi connectivity index (χ1v) is 4.75. The molecule has 2 heteroatoms. The molecular weight excluding hydrogens is 160 g/mol. The van der Waals surface area contributed by atoms with Crippen LogP contribution < -0.4 is 5.32 Å². The van der Waals surface area contributed by atoms with E-state index in [1.807, 2.05) is 18.2 Å². The predicted octanol–water partition coefficient (Wildman–Crippen LogP) is 2.85. The molecule has 1 heterocycles. The van der Waals surface area contributed by atoms with Gasteiger partial charge in [0.15, 0.2) is 0 Å². The molecule has 0 aromatic carbocycles. The summed E-state index contributed by atoms with van der Waals surface area (Å²) in [4.78, 5) is 4.47.